The van der Waals surface area contributed by atoms with Gasteiger partial charge in [0.1, 0.15) is 12.1 Å². The van der Waals surface area contributed by atoms with Crippen LogP contribution < -0.4 is 10.6 Å². The number of alkyl carbamates (subject to hydrolysis) is 1. The van der Waals surface area contributed by atoms with Crippen LogP contribution in [-0.4, -0.2) is 55.5 Å². The number of hydrogen-bond acceptors (Lipinski definition) is 5. The van der Waals surface area contributed by atoms with E-state index in [9.17, 15) is 18.0 Å². The third kappa shape index (κ3) is 6.85. The van der Waals surface area contributed by atoms with Crippen molar-refractivity contribution < 1.29 is 22.7 Å². The number of carbonyl (C=O) groups is 2. The van der Waals surface area contributed by atoms with Gasteiger partial charge in [-0.3, -0.25) is 4.79 Å². The molecular formula is C20H30ClN3O5S. The van der Waals surface area contributed by atoms with E-state index in [4.69, 9.17) is 16.3 Å². The first-order valence-corrected chi connectivity index (χ1v) is 11.8. The quantitative estimate of drug-likeness (QED) is 0.680. The molecule has 2 atom stereocenters. The molecule has 2 N–H and O–H groups in total. The summed E-state index contributed by atoms with van der Waals surface area (Å²) in [6, 6.07) is 4.88. The minimum absolute atomic E-state index is 0.0234. The summed E-state index contributed by atoms with van der Waals surface area (Å²) in [6.07, 6.45) is 0.446. The first kappa shape index (κ1) is 24.4. The fourth-order valence-corrected chi connectivity index (χ4v) is 4.96. The third-order valence-electron chi connectivity index (χ3n) is 4.50. The van der Waals surface area contributed by atoms with Gasteiger partial charge in [0, 0.05) is 17.1 Å². The summed E-state index contributed by atoms with van der Waals surface area (Å²) in [7, 11) is -4.03. The standard InChI is InChI=1S/C20H30ClN3O5S/c1-14(29-19(26)23-20(2,3)4)13-24(17-7-5-6-12-22-18(17)25)30(27,28)16-10-8-15(21)9-11-16/h8-11,14,17H,5-7,12-13H2,1-4H3,(H,22,25)(H,23,26)/t14-,17+/m0/s1. The number of nitrogens with one attached hydrogen (secondary N) is 2. The van der Waals surface area contributed by atoms with E-state index in [0.29, 0.717) is 24.4 Å². The van der Waals surface area contributed by atoms with Gasteiger partial charge in [0.05, 0.1) is 11.4 Å². The Morgan fingerprint density at radius 3 is 2.53 bits per heavy atom. The number of amides is 2. The number of rotatable bonds is 6. The van der Waals surface area contributed by atoms with Gasteiger partial charge in [0.25, 0.3) is 0 Å². The van der Waals surface area contributed by atoms with Crippen LogP contribution in [-0.2, 0) is 19.6 Å². The number of sulfonamides is 1. The molecule has 1 aliphatic rings. The molecule has 30 heavy (non-hydrogen) atoms. The Morgan fingerprint density at radius 2 is 1.93 bits per heavy atom. The molecular weight excluding hydrogens is 430 g/mol. The van der Waals surface area contributed by atoms with E-state index < -0.39 is 33.8 Å². The van der Waals surface area contributed by atoms with E-state index in [-0.39, 0.29) is 17.3 Å². The number of nitrogens with zero attached hydrogens (tertiary/aromatic N) is 1. The molecule has 0 saturated carbocycles. The van der Waals surface area contributed by atoms with Gasteiger partial charge in [0.15, 0.2) is 0 Å². The summed E-state index contributed by atoms with van der Waals surface area (Å²) in [4.78, 5) is 24.8. The second-order valence-electron chi connectivity index (χ2n) is 8.42. The first-order chi connectivity index (χ1) is 13.9. The molecule has 0 bridgehead atoms. The molecule has 2 rings (SSSR count). The van der Waals surface area contributed by atoms with Crippen molar-refractivity contribution in [2.75, 3.05) is 13.1 Å². The van der Waals surface area contributed by atoms with Gasteiger partial charge in [0.2, 0.25) is 15.9 Å². The molecule has 1 heterocycles. The van der Waals surface area contributed by atoms with Gasteiger partial charge < -0.3 is 15.4 Å². The molecule has 1 saturated heterocycles. The monoisotopic (exact) mass is 459 g/mol. The Hall–Kier alpha value is -1.84. The third-order valence-corrected chi connectivity index (χ3v) is 6.64. The highest BCUT2D eigenvalue weighted by Crippen LogP contribution is 2.24. The van der Waals surface area contributed by atoms with Crippen LogP contribution in [0.25, 0.3) is 0 Å². The van der Waals surface area contributed by atoms with Crippen molar-refractivity contribution in [2.45, 2.75) is 69.5 Å². The lowest BCUT2D eigenvalue weighted by molar-refractivity contribution is -0.124. The molecule has 0 spiro atoms. The van der Waals surface area contributed by atoms with E-state index in [1.54, 1.807) is 6.92 Å². The average molecular weight is 460 g/mol. The molecule has 0 aromatic heterocycles. The highest BCUT2D eigenvalue weighted by atomic mass is 35.5. The van der Waals surface area contributed by atoms with Crippen LogP contribution in [0.3, 0.4) is 0 Å². The van der Waals surface area contributed by atoms with Crippen LogP contribution in [0.15, 0.2) is 29.2 Å². The van der Waals surface area contributed by atoms with Crippen LogP contribution in [0.1, 0.15) is 47.0 Å². The molecule has 1 aliphatic heterocycles. The van der Waals surface area contributed by atoms with Crippen LogP contribution in [0, 0.1) is 0 Å². The number of carbonyl (C=O) groups excluding carboxylic acids is 2. The number of hydrogen-bond donors (Lipinski definition) is 2. The predicted octanol–water partition coefficient (Wildman–Crippen LogP) is 2.91. The zero-order valence-corrected chi connectivity index (χ0v) is 19.3. The van der Waals surface area contributed by atoms with Gasteiger partial charge in [-0.1, -0.05) is 11.6 Å². The van der Waals surface area contributed by atoms with Crippen LogP contribution in [0.4, 0.5) is 4.79 Å². The Labute approximate surface area is 183 Å². The fourth-order valence-electron chi connectivity index (χ4n) is 3.14. The summed E-state index contributed by atoms with van der Waals surface area (Å²) in [6.45, 7) is 7.39. The van der Waals surface area contributed by atoms with E-state index >= 15 is 0 Å². The fraction of sp³-hybridized carbons (Fsp3) is 0.600. The van der Waals surface area contributed by atoms with Crippen LogP contribution in [0.5, 0.6) is 0 Å². The molecule has 1 aromatic rings. The van der Waals surface area contributed by atoms with Gasteiger partial charge in [-0.25, -0.2) is 13.2 Å². The smallest absolute Gasteiger partial charge is 0.407 e. The molecule has 0 aliphatic carbocycles. The maximum Gasteiger partial charge on any atom is 0.407 e. The maximum atomic E-state index is 13.4. The Kier molecular flexibility index (Phi) is 8.13. The summed E-state index contributed by atoms with van der Waals surface area (Å²) >= 11 is 5.89. The normalized spacial score (nSPS) is 19.0. The Morgan fingerprint density at radius 1 is 1.30 bits per heavy atom. The lowest BCUT2D eigenvalue weighted by atomic mass is 10.1. The van der Waals surface area contributed by atoms with Crippen molar-refractivity contribution in [1.29, 1.82) is 0 Å². The SMILES string of the molecule is C[C@@H](CN([C@@H]1CCCCNC1=O)S(=O)(=O)c1ccc(Cl)cc1)OC(=O)NC(C)(C)C. The molecule has 0 unspecified atom stereocenters. The number of ether oxygens (including phenoxy) is 1. The van der Waals surface area contributed by atoms with Gasteiger partial charge in [-0.05, 0) is 71.2 Å². The predicted molar refractivity (Wildman–Crippen MR) is 115 cm³/mol. The topological polar surface area (TPSA) is 105 Å². The molecule has 168 valence electrons. The summed E-state index contributed by atoms with van der Waals surface area (Å²) in [5.41, 5.74) is -0.493. The van der Waals surface area contributed by atoms with E-state index in [0.717, 1.165) is 10.7 Å². The van der Waals surface area contributed by atoms with Crippen molar-refractivity contribution in [3.8, 4) is 0 Å². The van der Waals surface area contributed by atoms with Crippen molar-refractivity contribution in [3.63, 3.8) is 0 Å². The largest absolute Gasteiger partial charge is 0.445 e. The van der Waals surface area contributed by atoms with Gasteiger partial charge >= 0.3 is 6.09 Å². The van der Waals surface area contributed by atoms with Crippen molar-refractivity contribution >= 4 is 33.6 Å². The lowest BCUT2D eigenvalue weighted by Gasteiger charge is -2.31. The van der Waals surface area contributed by atoms with Crippen LogP contribution in [0.2, 0.25) is 5.02 Å². The molecule has 2 amide bonds. The molecule has 8 nitrogen and oxygen atoms in total. The molecule has 10 heteroatoms. The summed E-state index contributed by atoms with van der Waals surface area (Å²) in [5.74, 6) is -0.351. The van der Waals surface area contributed by atoms with Gasteiger partial charge in [-0.15, -0.1) is 0 Å². The van der Waals surface area contributed by atoms with E-state index in [1.165, 1.54) is 24.3 Å². The zero-order chi connectivity index (χ0) is 22.5. The molecule has 0 radical (unpaired) electrons. The highest BCUT2D eigenvalue weighted by molar-refractivity contribution is 7.89. The van der Waals surface area contributed by atoms with Crippen LogP contribution >= 0.6 is 11.6 Å². The Bertz CT molecular complexity index is 852. The maximum absolute atomic E-state index is 13.4. The number of benzene rings is 1. The first-order valence-electron chi connectivity index (χ1n) is 9.94. The van der Waals surface area contributed by atoms with Crippen molar-refractivity contribution in [1.82, 2.24) is 14.9 Å². The second kappa shape index (κ2) is 9.98. The van der Waals surface area contributed by atoms with Gasteiger partial charge in [-0.2, -0.15) is 4.31 Å². The second-order valence-corrected chi connectivity index (χ2v) is 10.7. The summed E-state index contributed by atoms with van der Waals surface area (Å²) < 4.78 is 33.3. The minimum atomic E-state index is -4.03. The zero-order valence-electron chi connectivity index (χ0n) is 17.8. The van der Waals surface area contributed by atoms with E-state index in [2.05, 4.69) is 10.6 Å². The Balaban J connectivity index is 2.30. The van der Waals surface area contributed by atoms with Crippen molar-refractivity contribution in [2.24, 2.45) is 0 Å². The molecule has 1 fully saturated rings. The minimum Gasteiger partial charge on any atom is -0.445 e. The average Bonchev–Trinajstić information content (AvgIpc) is 2.82. The lowest BCUT2D eigenvalue weighted by Crippen LogP contribution is -2.51. The van der Waals surface area contributed by atoms with E-state index in [1.807, 2.05) is 20.8 Å². The molecule has 1 aromatic carbocycles. The number of halogens is 1. The van der Waals surface area contributed by atoms with Crippen molar-refractivity contribution in [3.05, 3.63) is 29.3 Å². The highest BCUT2D eigenvalue weighted by Gasteiger charge is 2.38. The summed E-state index contributed by atoms with van der Waals surface area (Å²) in [5, 5.41) is 5.85.